The molecule has 0 radical (unpaired) electrons. The Hall–Kier alpha value is -0.0800. The van der Waals surface area contributed by atoms with E-state index >= 15 is 0 Å². The lowest BCUT2D eigenvalue weighted by atomic mass is 9.87. The van der Waals surface area contributed by atoms with Crippen molar-refractivity contribution in [1.29, 1.82) is 0 Å². The molecule has 1 saturated heterocycles. The van der Waals surface area contributed by atoms with Crippen molar-refractivity contribution in [2.24, 2.45) is 11.7 Å². The molecule has 2 rings (SSSR count). The van der Waals surface area contributed by atoms with E-state index in [1.165, 1.54) is 51.4 Å². The zero-order valence-corrected chi connectivity index (χ0v) is 11.7. The van der Waals surface area contributed by atoms with Gasteiger partial charge in [0.25, 0.3) is 0 Å². The van der Waals surface area contributed by atoms with E-state index in [0.717, 1.165) is 30.6 Å². The summed E-state index contributed by atoms with van der Waals surface area (Å²) >= 11 is 0. The Kier molecular flexibility index (Phi) is 4.87. The predicted octanol–water partition coefficient (Wildman–Crippen LogP) is 3.16. The van der Waals surface area contributed by atoms with Crippen LogP contribution < -0.4 is 5.73 Å². The van der Waals surface area contributed by atoms with Gasteiger partial charge in [-0.2, -0.15) is 0 Å². The van der Waals surface area contributed by atoms with Crippen LogP contribution >= 0.6 is 0 Å². The lowest BCUT2D eigenvalue weighted by Gasteiger charge is -2.46. The van der Waals surface area contributed by atoms with Gasteiger partial charge >= 0.3 is 0 Å². The SMILES string of the molecule is CC1CCCC(C)N1C1CCCCCC1CN. The molecule has 2 nitrogen and oxygen atoms in total. The van der Waals surface area contributed by atoms with Gasteiger partial charge in [-0.1, -0.05) is 25.7 Å². The van der Waals surface area contributed by atoms with Crippen LogP contribution in [0.25, 0.3) is 0 Å². The quantitative estimate of drug-likeness (QED) is 0.749. The second-order valence-electron chi connectivity index (χ2n) is 6.28. The molecule has 17 heavy (non-hydrogen) atoms. The fraction of sp³-hybridized carbons (Fsp3) is 1.00. The van der Waals surface area contributed by atoms with Crippen LogP contribution in [0.3, 0.4) is 0 Å². The van der Waals surface area contributed by atoms with Gasteiger partial charge in [0, 0.05) is 18.1 Å². The Morgan fingerprint density at radius 2 is 1.53 bits per heavy atom. The van der Waals surface area contributed by atoms with Crippen molar-refractivity contribution in [2.75, 3.05) is 6.54 Å². The van der Waals surface area contributed by atoms with Crippen molar-refractivity contribution >= 4 is 0 Å². The first-order valence-electron chi connectivity index (χ1n) is 7.71. The fourth-order valence-corrected chi connectivity index (χ4v) is 4.13. The zero-order valence-electron chi connectivity index (χ0n) is 11.7. The smallest absolute Gasteiger partial charge is 0.0141 e. The predicted molar refractivity (Wildman–Crippen MR) is 74.0 cm³/mol. The van der Waals surface area contributed by atoms with Gasteiger partial charge in [-0.25, -0.2) is 0 Å². The summed E-state index contributed by atoms with van der Waals surface area (Å²) in [6.07, 6.45) is 11.2. The van der Waals surface area contributed by atoms with Crippen LogP contribution in [-0.2, 0) is 0 Å². The minimum Gasteiger partial charge on any atom is -0.330 e. The molecule has 0 aromatic heterocycles. The second kappa shape index (κ2) is 6.19. The third-order valence-corrected chi connectivity index (χ3v) is 5.07. The molecule has 0 spiro atoms. The maximum absolute atomic E-state index is 6.03. The standard InChI is InChI=1S/C15H30N2/c1-12-7-6-8-13(2)17(12)15-10-5-3-4-9-14(15)11-16/h12-15H,3-11,16H2,1-2H3. The number of nitrogens with two attached hydrogens (primary N) is 1. The molecule has 2 fully saturated rings. The molecule has 0 bridgehead atoms. The Morgan fingerprint density at radius 1 is 0.882 bits per heavy atom. The molecule has 100 valence electrons. The summed E-state index contributed by atoms with van der Waals surface area (Å²) in [5, 5.41) is 0. The first kappa shape index (κ1) is 13.4. The number of piperidine rings is 1. The van der Waals surface area contributed by atoms with Gasteiger partial charge in [-0.15, -0.1) is 0 Å². The third kappa shape index (κ3) is 3.03. The van der Waals surface area contributed by atoms with Gasteiger partial charge < -0.3 is 5.73 Å². The summed E-state index contributed by atoms with van der Waals surface area (Å²) in [4.78, 5) is 2.83. The molecular formula is C15H30N2. The minimum atomic E-state index is 0.750. The third-order valence-electron chi connectivity index (χ3n) is 5.07. The molecule has 0 amide bonds. The van der Waals surface area contributed by atoms with Gasteiger partial charge in [0.1, 0.15) is 0 Å². The highest BCUT2D eigenvalue weighted by Crippen LogP contribution is 2.33. The summed E-state index contributed by atoms with van der Waals surface area (Å²) in [6, 6.07) is 2.32. The Morgan fingerprint density at radius 3 is 2.18 bits per heavy atom. The highest BCUT2D eigenvalue weighted by molar-refractivity contribution is 4.90. The second-order valence-corrected chi connectivity index (χ2v) is 6.28. The molecule has 4 unspecified atom stereocenters. The summed E-state index contributed by atoms with van der Waals surface area (Å²) in [5.41, 5.74) is 6.03. The van der Waals surface area contributed by atoms with Crippen LogP contribution in [-0.4, -0.2) is 29.6 Å². The molecule has 0 aromatic carbocycles. The van der Waals surface area contributed by atoms with Crippen molar-refractivity contribution in [1.82, 2.24) is 4.90 Å². The van der Waals surface area contributed by atoms with E-state index in [9.17, 15) is 0 Å². The van der Waals surface area contributed by atoms with Crippen molar-refractivity contribution in [3.8, 4) is 0 Å². The van der Waals surface area contributed by atoms with Gasteiger partial charge in [-0.3, -0.25) is 4.90 Å². The van der Waals surface area contributed by atoms with Crippen LogP contribution in [0, 0.1) is 5.92 Å². The average molecular weight is 238 g/mol. The normalized spacial score (nSPS) is 41.1. The largest absolute Gasteiger partial charge is 0.330 e. The van der Waals surface area contributed by atoms with Gasteiger partial charge in [0.05, 0.1) is 0 Å². The minimum absolute atomic E-state index is 0.750. The maximum Gasteiger partial charge on any atom is 0.0141 e. The lowest BCUT2D eigenvalue weighted by Crippen LogP contribution is -2.53. The highest BCUT2D eigenvalue weighted by Gasteiger charge is 2.35. The zero-order chi connectivity index (χ0) is 12.3. The molecule has 1 aliphatic carbocycles. The van der Waals surface area contributed by atoms with Crippen molar-refractivity contribution in [2.45, 2.75) is 83.3 Å². The molecule has 1 heterocycles. The highest BCUT2D eigenvalue weighted by atomic mass is 15.2. The molecular weight excluding hydrogens is 208 g/mol. The summed E-state index contributed by atoms with van der Waals surface area (Å²) in [6.45, 7) is 5.74. The van der Waals surface area contributed by atoms with E-state index in [1.54, 1.807) is 0 Å². The fourth-order valence-electron chi connectivity index (χ4n) is 4.13. The summed E-state index contributed by atoms with van der Waals surface area (Å²) in [5.74, 6) is 0.750. The average Bonchev–Trinajstić information content (AvgIpc) is 2.54. The van der Waals surface area contributed by atoms with Gasteiger partial charge in [-0.05, 0) is 52.0 Å². The Balaban J connectivity index is 2.10. The number of hydrogen-bond acceptors (Lipinski definition) is 2. The van der Waals surface area contributed by atoms with E-state index in [-0.39, 0.29) is 0 Å². The van der Waals surface area contributed by atoms with E-state index in [4.69, 9.17) is 5.73 Å². The molecule has 4 atom stereocenters. The molecule has 2 heteroatoms. The van der Waals surface area contributed by atoms with Crippen LogP contribution in [0.4, 0.5) is 0 Å². The van der Waals surface area contributed by atoms with E-state index in [1.807, 2.05) is 0 Å². The van der Waals surface area contributed by atoms with Gasteiger partial charge in [0.15, 0.2) is 0 Å². The van der Waals surface area contributed by atoms with Gasteiger partial charge in [0.2, 0.25) is 0 Å². The molecule has 0 aromatic rings. The van der Waals surface area contributed by atoms with Crippen LogP contribution in [0.15, 0.2) is 0 Å². The molecule has 1 aliphatic heterocycles. The number of nitrogens with zero attached hydrogens (tertiary/aromatic N) is 1. The molecule has 2 N–H and O–H groups in total. The maximum atomic E-state index is 6.03. The first-order chi connectivity index (χ1) is 8.24. The van der Waals surface area contributed by atoms with Crippen molar-refractivity contribution in [3.05, 3.63) is 0 Å². The van der Waals surface area contributed by atoms with Crippen LogP contribution in [0.1, 0.15) is 65.2 Å². The summed E-state index contributed by atoms with van der Waals surface area (Å²) < 4.78 is 0. The Labute approximate surface area is 107 Å². The topological polar surface area (TPSA) is 29.3 Å². The summed E-state index contributed by atoms with van der Waals surface area (Å²) in [7, 11) is 0. The molecule has 2 aliphatic rings. The van der Waals surface area contributed by atoms with Crippen LogP contribution in [0.2, 0.25) is 0 Å². The number of hydrogen-bond donors (Lipinski definition) is 1. The van der Waals surface area contributed by atoms with Crippen molar-refractivity contribution < 1.29 is 0 Å². The number of rotatable bonds is 2. The molecule has 1 saturated carbocycles. The first-order valence-corrected chi connectivity index (χ1v) is 7.71. The lowest BCUT2D eigenvalue weighted by molar-refractivity contribution is 0.0246. The van der Waals surface area contributed by atoms with E-state index in [0.29, 0.717) is 0 Å². The van der Waals surface area contributed by atoms with Crippen LogP contribution in [0.5, 0.6) is 0 Å². The monoisotopic (exact) mass is 238 g/mol. The number of likely N-dealkylation sites (tertiary alicyclic amines) is 1. The van der Waals surface area contributed by atoms with E-state index < -0.39 is 0 Å². The van der Waals surface area contributed by atoms with Crippen molar-refractivity contribution in [3.63, 3.8) is 0 Å². The van der Waals surface area contributed by atoms with E-state index in [2.05, 4.69) is 18.7 Å². The Bertz CT molecular complexity index is 219.